The maximum Gasteiger partial charge on any atom is 0.232 e. The Hall–Kier alpha value is -1.12. The zero-order chi connectivity index (χ0) is 9.84. The molecule has 0 saturated carbocycles. The van der Waals surface area contributed by atoms with Gasteiger partial charge in [0.05, 0.1) is 0 Å². The van der Waals surface area contributed by atoms with Gasteiger partial charge in [-0.15, -0.1) is 0 Å². The van der Waals surface area contributed by atoms with Crippen LogP contribution in [-0.4, -0.2) is 15.5 Å². The second-order valence-electron chi connectivity index (χ2n) is 3.56. The maximum absolute atomic E-state index is 11.6. The molecule has 1 aromatic heterocycles. The Kier molecular flexibility index (Phi) is 3.23. The predicted octanol–water partition coefficient (Wildman–Crippen LogP) is 2.13. The van der Waals surface area contributed by atoms with Crippen LogP contribution < -0.4 is 0 Å². The highest BCUT2D eigenvalue weighted by Crippen LogP contribution is 2.05. The Morgan fingerprint density at radius 2 is 2.31 bits per heavy atom. The van der Waals surface area contributed by atoms with Gasteiger partial charge in [0, 0.05) is 25.2 Å². The molecule has 0 saturated heterocycles. The van der Waals surface area contributed by atoms with Gasteiger partial charge in [0.25, 0.3) is 0 Å². The lowest BCUT2D eigenvalue weighted by atomic mass is 10.1. The highest BCUT2D eigenvalue weighted by Gasteiger charge is 2.10. The van der Waals surface area contributed by atoms with Gasteiger partial charge < -0.3 is 0 Å². The summed E-state index contributed by atoms with van der Waals surface area (Å²) >= 11 is 0. The van der Waals surface area contributed by atoms with Crippen molar-refractivity contribution < 1.29 is 4.79 Å². The number of aryl methyl sites for hydroxylation is 1. The van der Waals surface area contributed by atoms with Crippen molar-refractivity contribution in [3.8, 4) is 0 Å². The zero-order valence-electron chi connectivity index (χ0n) is 8.45. The molecule has 1 heterocycles. The van der Waals surface area contributed by atoms with Gasteiger partial charge in [-0.2, -0.15) is 0 Å². The van der Waals surface area contributed by atoms with Crippen LogP contribution in [-0.2, 0) is 6.42 Å². The lowest BCUT2D eigenvalue weighted by Gasteiger charge is -2.06. The van der Waals surface area contributed by atoms with Crippen LogP contribution in [0.15, 0.2) is 12.4 Å². The van der Waals surface area contributed by atoms with Crippen molar-refractivity contribution in [2.45, 2.75) is 33.6 Å². The van der Waals surface area contributed by atoms with E-state index in [1.807, 2.05) is 20.8 Å². The topological polar surface area (TPSA) is 34.9 Å². The van der Waals surface area contributed by atoms with E-state index in [1.54, 1.807) is 17.0 Å². The van der Waals surface area contributed by atoms with Crippen LogP contribution in [0.2, 0.25) is 0 Å². The number of hydrogen-bond donors (Lipinski definition) is 0. The molecule has 0 aliphatic heterocycles. The summed E-state index contributed by atoms with van der Waals surface area (Å²) in [5.41, 5.74) is 0. The van der Waals surface area contributed by atoms with Crippen molar-refractivity contribution in [1.82, 2.24) is 9.55 Å². The number of hydrogen-bond acceptors (Lipinski definition) is 2. The fourth-order valence-corrected chi connectivity index (χ4v) is 1.27. The monoisotopic (exact) mass is 180 g/mol. The first-order chi connectivity index (χ1) is 6.15. The molecule has 72 valence electrons. The summed E-state index contributed by atoms with van der Waals surface area (Å²) in [5, 5.41) is 0. The van der Waals surface area contributed by atoms with E-state index in [4.69, 9.17) is 0 Å². The third-order valence-corrected chi connectivity index (χ3v) is 1.89. The number of rotatable bonds is 3. The quantitative estimate of drug-likeness (QED) is 0.714. The molecule has 0 fully saturated rings. The van der Waals surface area contributed by atoms with Crippen LogP contribution in [0.1, 0.15) is 37.8 Å². The van der Waals surface area contributed by atoms with Crippen molar-refractivity contribution in [1.29, 1.82) is 0 Å². The summed E-state index contributed by atoms with van der Waals surface area (Å²) in [6.45, 7) is 6.09. The van der Waals surface area contributed by atoms with E-state index < -0.39 is 0 Å². The van der Waals surface area contributed by atoms with Crippen molar-refractivity contribution in [3.63, 3.8) is 0 Å². The van der Waals surface area contributed by atoms with Gasteiger partial charge in [-0.05, 0) is 5.92 Å². The molecule has 0 spiro atoms. The van der Waals surface area contributed by atoms with Gasteiger partial charge in [0.1, 0.15) is 5.82 Å². The van der Waals surface area contributed by atoms with Crippen LogP contribution in [0.5, 0.6) is 0 Å². The largest absolute Gasteiger partial charge is 0.274 e. The second-order valence-corrected chi connectivity index (χ2v) is 3.56. The van der Waals surface area contributed by atoms with Gasteiger partial charge in [-0.25, -0.2) is 4.98 Å². The van der Waals surface area contributed by atoms with E-state index in [2.05, 4.69) is 4.98 Å². The number of nitrogens with zero attached hydrogens (tertiary/aromatic N) is 2. The van der Waals surface area contributed by atoms with Crippen molar-refractivity contribution >= 4 is 5.91 Å². The molecule has 0 unspecified atom stereocenters. The van der Waals surface area contributed by atoms with Crippen LogP contribution in [0, 0.1) is 5.92 Å². The first-order valence-corrected chi connectivity index (χ1v) is 4.70. The number of imidazole rings is 1. The van der Waals surface area contributed by atoms with Gasteiger partial charge >= 0.3 is 0 Å². The molecular weight excluding hydrogens is 164 g/mol. The highest BCUT2D eigenvalue weighted by molar-refractivity contribution is 5.79. The van der Waals surface area contributed by atoms with Gasteiger partial charge in [-0.1, -0.05) is 20.8 Å². The molecule has 0 atom stereocenters. The molecule has 0 radical (unpaired) electrons. The first kappa shape index (κ1) is 9.96. The molecule has 0 aromatic carbocycles. The maximum atomic E-state index is 11.6. The SMILES string of the molecule is CCc1nccn1C(=O)CC(C)C. The third-order valence-electron chi connectivity index (χ3n) is 1.89. The minimum atomic E-state index is 0.143. The van der Waals surface area contributed by atoms with E-state index in [9.17, 15) is 4.79 Å². The predicted molar refractivity (Wildman–Crippen MR) is 51.7 cm³/mol. The fraction of sp³-hybridized carbons (Fsp3) is 0.600. The van der Waals surface area contributed by atoms with Gasteiger partial charge in [0.15, 0.2) is 0 Å². The Morgan fingerprint density at radius 3 is 2.85 bits per heavy atom. The highest BCUT2D eigenvalue weighted by atomic mass is 16.2. The summed E-state index contributed by atoms with van der Waals surface area (Å²) in [6.07, 6.45) is 4.81. The summed E-state index contributed by atoms with van der Waals surface area (Å²) in [4.78, 5) is 15.7. The lowest BCUT2D eigenvalue weighted by Crippen LogP contribution is -2.14. The smallest absolute Gasteiger partial charge is 0.232 e. The van der Waals surface area contributed by atoms with Crippen molar-refractivity contribution in [3.05, 3.63) is 18.2 Å². The Morgan fingerprint density at radius 1 is 1.62 bits per heavy atom. The van der Waals surface area contributed by atoms with Crippen molar-refractivity contribution in [2.75, 3.05) is 0 Å². The average molecular weight is 180 g/mol. The molecular formula is C10H16N2O. The Bertz CT molecular complexity index is 289. The van der Waals surface area contributed by atoms with Crippen LogP contribution in [0.25, 0.3) is 0 Å². The standard InChI is InChI=1S/C10H16N2O/c1-4-9-11-5-6-12(9)10(13)7-8(2)3/h5-6,8H,4,7H2,1-3H3. The minimum Gasteiger partial charge on any atom is -0.274 e. The second kappa shape index (κ2) is 4.21. The molecule has 13 heavy (non-hydrogen) atoms. The fourth-order valence-electron chi connectivity index (χ4n) is 1.27. The summed E-state index contributed by atoms with van der Waals surface area (Å²) in [6, 6.07) is 0. The average Bonchev–Trinajstić information content (AvgIpc) is 2.49. The molecule has 0 aliphatic rings. The van der Waals surface area contributed by atoms with Gasteiger partial charge in [0.2, 0.25) is 5.91 Å². The minimum absolute atomic E-state index is 0.143. The number of carbonyl (C=O) groups is 1. The summed E-state index contributed by atoms with van der Waals surface area (Å²) in [5.74, 6) is 1.40. The van der Waals surface area contributed by atoms with E-state index in [0.29, 0.717) is 12.3 Å². The lowest BCUT2D eigenvalue weighted by molar-refractivity contribution is 0.0883. The zero-order valence-corrected chi connectivity index (χ0v) is 8.45. The normalized spacial score (nSPS) is 10.8. The van der Waals surface area contributed by atoms with Crippen LogP contribution in [0.3, 0.4) is 0 Å². The molecule has 0 N–H and O–H groups in total. The number of carbonyl (C=O) groups excluding carboxylic acids is 1. The van der Waals surface area contributed by atoms with E-state index in [-0.39, 0.29) is 5.91 Å². The van der Waals surface area contributed by atoms with E-state index in [0.717, 1.165) is 12.2 Å². The molecule has 1 aromatic rings. The third kappa shape index (κ3) is 2.41. The van der Waals surface area contributed by atoms with Crippen LogP contribution in [0.4, 0.5) is 0 Å². The van der Waals surface area contributed by atoms with E-state index in [1.165, 1.54) is 0 Å². The Labute approximate surface area is 78.8 Å². The van der Waals surface area contributed by atoms with E-state index >= 15 is 0 Å². The summed E-state index contributed by atoms with van der Waals surface area (Å²) < 4.78 is 1.65. The molecule has 0 amide bonds. The Balaban J connectivity index is 2.76. The molecule has 3 heteroatoms. The van der Waals surface area contributed by atoms with Crippen LogP contribution >= 0.6 is 0 Å². The van der Waals surface area contributed by atoms with Gasteiger partial charge in [-0.3, -0.25) is 9.36 Å². The van der Waals surface area contributed by atoms with Crippen molar-refractivity contribution in [2.24, 2.45) is 5.92 Å². The summed E-state index contributed by atoms with van der Waals surface area (Å²) in [7, 11) is 0. The molecule has 1 rings (SSSR count). The molecule has 3 nitrogen and oxygen atoms in total. The molecule has 0 bridgehead atoms. The molecule has 0 aliphatic carbocycles. The first-order valence-electron chi connectivity index (χ1n) is 4.70. The number of aromatic nitrogens is 2.